The molecule has 0 bridgehead atoms. The molecule has 0 atom stereocenters. The molecule has 0 radical (unpaired) electrons. The number of nitrogens with two attached hydrogens (primary N) is 1. The van der Waals surface area contributed by atoms with Gasteiger partial charge < -0.3 is 10.5 Å². The third-order valence-corrected chi connectivity index (χ3v) is 2.74. The summed E-state index contributed by atoms with van der Waals surface area (Å²) in [7, 11) is 0. The first-order valence-electron chi connectivity index (χ1n) is 6.51. The monoisotopic (exact) mass is 282 g/mol. The van der Waals surface area contributed by atoms with Crippen LogP contribution in [0, 0.1) is 0 Å². The third kappa shape index (κ3) is 3.03. The fourth-order valence-corrected chi connectivity index (χ4v) is 1.80. The van der Waals surface area contributed by atoms with Gasteiger partial charge in [-0.1, -0.05) is 12.1 Å². The summed E-state index contributed by atoms with van der Waals surface area (Å²) in [6.07, 6.45) is 1.69. The van der Waals surface area contributed by atoms with Crippen molar-refractivity contribution in [3.05, 3.63) is 48.7 Å². The Morgan fingerprint density at radius 3 is 2.90 bits per heavy atom. The van der Waals surface area contributed by atoms with Crippen molar-refractivity contribution in [2.75, 3.05) is 13.2 Å². The summed E-state index contributed by atoms with van der Waals surface area (Å²) in [6, 6.07) is 13.0. The molecule has 0 fully saturated rings. The SMILES string of the molecule is NCCOc1cccc(-n2nnc(-c3ccccn3)n2)c1. The zero-order chi connectivity index (χ0) is 14.5. The summed E-state index contributed by atoms with van der Waals surface area (Å²) in [6.45, 7) is 0.934. The summed E-state index contributed by atoms with van der Waals surface area (Å²) >= 11 is 0. The van der Waals surface area contributed by atoms with Gasteiger partial charge in [-0.2, -0.15) is 0 Å². The summed E-state index contributed by atoms with van der Waals surface area (Å²) in [5, 5.41) is 12.4. The molecule has 2 aromatic heterocycles. The van der Waals surface area contributed by atoms with Crippen LogP contribution in [0.3, 0.4) is 0 Å². The summed E-state index contributed by atoms with van der Waals surface area (Å²) < 4.78 is 5.48. The van der Waals surface area contributed by atoms with Crippen molar-refractivity contribution in [1.29, 1.82) is 0 Å². The molecule has 0 aliphatic heterocycles. The number of pyridine rings is 1. The maximum Gasteiger partial charge on any atom is 0.223 e. The lowest BCUT2D eigenvalue weighted by molar-refractivity contribution is 0.328. The second-order valence-corrected chi connectivity index (χ2v) is 4.25. The number of hydrogen-bond acceptors (Lipinski definition) is 6. The van der Waals surface area contributed by atoms with Crippen molar-refractivity contribution >= 4 is 0 Å². The number of ether oxygens (including phenoxy) is 1. The summed E-state index contributed by atoms with van der Waals surface area (Å²) in [4.78, 5) is 5.64. The van der Waals surface area contributed by atoms with Crippen LogP contribution in [0.25, 0.3) is 17.2 Å². The molecule has 0 unspecified atom stereocenters. The van der Waals surface area contributed by atoms with E-state index in [0.717, 1.165) is 11.4 Å². The number of nitrogens with zero attached hydrogens (tertiary/aromatic N) is 5. The van der Waals surface area contributed by atoms with Crippen molar-refractivity contribution in [3.63, 3.8) is 0 Å². The van der Waals surface area contributed by atoms with Crippen LogP contribution in [0.4, 0.5) is 0 Å². The standard InChI is InChI=1S/C14H14N6O/c15-7-9-21-12-5-3-4-11(10-12)20-18-14(17-19-20)13-6-1-2-8-16-13/h1-6,8,10H,7,9,15H2. The Bertz CT molecular complexity index is 712. The summed E-state index contributed by atoms with van der Waals surface area (Å²) in [5.74, 6) is 1.19. The number of aromatic nitrogens is 5. The minimum absolute atomic E-state index is 0.466. The largest absolute Gasteiger partial charge is 0.492 e. The van der Waals surface area contributed by atoms with Crippen molar-refractivity contribution in [2.24, 2.45) is 5.73 Å². The molecule has 0 aliphatic carbocycles. The molecular weight excluding hydrogens is 268 g/mol. The predicted molar refractivity (Wildman–Crippen MR) is 76.9 cm³/mol. The van der Waals surface area contributed by atoms with E-state index in [1.807, 2.05) is 42.5 Å². The van der Waals surface area contributed by atoms with Crippen LogP contribution in [-0.4, -0.2) is 38.3 Å². The highest BCUT2D eigenvalue weighted by Gasteiger charge is 2.08. The second-order valence-electron chi connectivity index (χ2n) is 4.25. The number of hydrogen-bond donors (Lipinski definition) is 1. The van der Waals surface area contributed by atoms with Gasteiger partial charge in [-0.25, -0.2) is 0 Å². The van der Waals surface area contributed by atoms with Crippen LogP contribution < -0.4 is 10.5 Å². The maximum atomic E-state index is 5.48. The molecule has 2 heterocycles. The lowest BCUT2D eigenvalue weighted by atomic mass is 10.3. The molecule has 21 heavy (non-hydrogen) atoms. The molecule has 106 valence electrons. The van der Waals surface area contributed by atoms with Crippen molar-refractivity contribution in [2.45, 2.75) is 0 Å². The normalized spacial score (nSPS) is 10.5. The highest BCUT2D eigenvalue weighted by atomic mass is 16.5. The van der Waals surface area contributed by atoms with E-state index in [2.05, 4.69) is 20.4 Å². The average Bonchev–Trinajstić information content (AvgIpc) is 3.04. The van der Waals surface area contributed by atoms with Gasteiger partial charge in [0.25, 0.3) is 0 Å². The van der Waals surface area contributed by atoms with E-state index in [1.54, 1.807) is 6.20 Å². The zero-order valence-corrected chi connectivity index (χ0v) is 11.3. The molecule has 0 saturated heterocycles. The van der Waals surface area contributed by atoms with E-state index in [1.165, 1.54) is 4.80 Å². The fraction of sp³-hybridized carbons (Fsp3) is 0.143. The molecule has 7 nitrogen and oxygen atoms in total. The molecule has 0 aliphatic rings. The van der Waals surface area contributed by atoms with Gasteiger partial charge in [-0.3, -0.25) is 4.98 Å². The van der Waals surface area contributed by atoms with E-state index < -0.39 is 0 Å². The Balaban J connectivity index is 1.86. The molecule has 0 spiro atoms. The highest BCUT2D eigenvalue weighted by Crippen LogP contribution is 2.16. The topological polar surface area (TPSA) is 91.7 Å². The first kappa shape index (κ1) is 13.2. The van der Waals surface area contributed by atoms with Crippen molar-refractivity contribution < 1.29 is 4.74 Å². The van der Waals surface area contributed by atoms with Gasteiger partial charge in [0.1, 0.15) is 18.1 Å². The van der Waals surface area contributed by atoms with Crippen molar-refractivity contribution in [1.82, 2.24) is 25.2 Å². The Morgan fingerprint density at radius 2 is 2.10 bits per heavy atom. The maximum absolute atomic E-state index is 5.48. The van der Waals surface area contributed by atoms with Gasteiger partial charge in [-0.15, -0.1) is 15.0 Å². The fourth-order valence-electron chi connectivity index (χ4n) is 1.80. The Labute approximate surface area is 121 Å². The van der Waals surface area contributed by atoms with E-state index in [-0.39, 0.29) is 0 Å². The first-order valence-corrected chi connectivity index (χ1v) is 6.51. The zero-order valence-electron chi connectivity index (χ0n) is 11.3. The second kappa shape index (κ2) is 6.10. The lowest BCUT2D eigenvalue weighted by Gasteiger charge is -2.05. The summed E-state index contributed by atoms with van der Waals surface area (Å²) in [5.41, 5.74) is 6.86. The van der Waals surface area contributed by atoms with Crippen LogP contribution in [0.5, 0.6) is 5.75 Å². The Kier molecular flexibility index (Phi) is 3.83. The predicted octanol–water partition coefficient (Wildman–Crippen LogP) is 1.06. The van der Waals surface area contributed by atoms with E-state index >= 15 is 0 Å². The molecule has 1 aromatic carbocycles. The first-order chi connectivity index (χ1) is 10.4. The molecule has 0 saturated carbocycles. The number of rotatable bonds is 5. The molecule has 3 aromatic rings. The lowest BCUT2D eigenvalue weighted by Crippen LogP contribution is -2.10. The van der Waals surface area contributed by atoms with Crippen LogP contribution in [0.2, 0.25) is 0 Å². The van der Waals surface area contributed by atoms with Gasteiger partial charge in [0.15, 0.2) is 0 Å². The number of benzene rings is 1. The average molecular weight is 282 g/mol. The molecular formula is C14H14N6O. The van der Waals surface area contributed by atoms with Crippen molar-refractivity contribution in [3.8, 4) is 23.0 Å². The molecule has 0 amide bonds. The van der Waals surface area contributed by atoms with E-state index in [9.17, 15) is 0 Å². The van der Waals surface area contributed by atoms with Crippen LogP contribution in [-0.2, 0) is 0 Å². The molecule has 3 rings (SSSR count). The van der Waals surface area contributed by atoms with Gasteiger partial charge >= 0.3 is 0 Å². The van der Waals surface area contributed by atoms with Gasteiger partial charge in [0.05, 0.1) is 5.69 Å². The third-order valence-electron chi connectivity index (χ3n) is 2.74. The van der Waals surface area contributed by atoms with Gasteiger partial charge in [-0.05, 0) is 29.5 Å². The van der Waals surface area contributed by atoms with Crippen LogP contribution >= 0.6 is 0 Å². The Hall–Kier alpha value is -2.80. The van der Waals surface area contributed by atoms with Crippen LogP contribution in [0.15, 0.2) is 48.7 Å². The smallest absolute Gasteiger partial charge is 0.223 e. The minimum Gasteiger partial charge on any atom is -0.492 e. The molecule has 2 N–H and O–H groups in total. The highest BCUT2D eigenvalue weighted by molar-refractivity contribution is 5.47. The van der Waals surface area contributed by atoms with Gasteiger partial charge in [0, 0.05) is 18.8 Å². The van der Waals surface area contributed by atoms with Gasteiger partial charge in [0.2, 0.25) is 5.82 Å². The number of tetrazole rings is 1. The quantitative estimate of drug-likeness (QED) is 0.752. The van der Waals surface area contributed by atoms with E-state index in [0.29, 0.717) is 24.7 Å². The van der Waals surface area contributed by atoms with Crippen LogP contribution in [0.1, 0.15) is 0 Å². The Morgan fingerprint density at radius 1 is 1.14 bits per heavy atom. The minimum atomic E-state index is 0.466. The van der Waals surface area contributed by atoms with E-state index in [4.69, 9.17) is 10.5 Å². The molecule has 7 heteroatoms.